The Hall–Kier alpha value is -2.18. The van der Waals surface area contributed by atoms with Gasteiger partial charge in [-0.25, -0.2) is 4.79 Å². The van der Waals surface area contributed by atoms with Gasteiger partial charge in [0.1, 0.15) is 12.4 Å². The fraction of sp³-hybridized carbons (Fsp3) is 0.381. The molecule has 0 saturated carbocycles. The number of urea groups is 1. The van der Waals surface area contributed by atoms with Crippen LogP contribution in [0.15, 0.2) is 53.4 Å². The van der Waals surface area contributed by atoms with E-state index in [1.165, 1.54) is 10.5 Å². The molecule has 1 aliphatic rings. The Morgan fingerprint density at radius 2 is 2.04 bits per heavy atom. The molecule has 1 heterocycles. The molecule has 0 aliphatic carbocycles. The third kappa shape index (κ3) is 6.48. The van der Waals surface area contributed by atoms with Gasteiger partial charge in [0.15, 0.2) is 0 Å². The first-order valence-corrected chi connectivity index (χ1v) is 10.3. The zero-order chi connectivity index (χ0) is 18.9. The molecule has 0 bridgehead atoms. The van der Waals surface area contributed by atoms with Crippen molar-refractivity contribution in [1.82, 2.24) is 5.32 Å². The minimum absolute atomic E-state index is 0.144. The van der Waals surface area contributed by atoms with E-state index in [1.807, 2.05) is 24.3 Å². The monoisotopic (exact) mass is 386 g/mol. The number of hydrogen-bond donors (Lipinski definition) is 2. The van der Waals surface area contributed by atoms with Crippen LogP contribution in [0.1, 0.15) is 18.4 Å². The second-order valence-corrected chi connectivity index (χ2v) is 7.65. The summed E-state index contributed by atoms with van der Waals surface area (Å²) in [7, 11) is 0. The first-order chi connectivity index (χ1) is 13.2. The number of rotatable bonds is 8. The van der Waals surface area contributed by atoms with Crippen molar-refractivity contribution in [1.29, 1.82) is 0 Å². The predicted molar refractivity (Wildman–Crippen MR) is 110 cm³/mol. The lowest BCUT2D eigenvalue weighted by Gasteiger charge is -2.15. The van der Waals surface area contributed by atoms with E-state index in [-0.39, 0.29) is 12.1 Å². The number of aryl methyl sites for hydroxylation is 1. The molecule has 27 heavy (non-hydrogen) atoms. The number of ether oxygens (including phenoxy) is 2. The Morgan fingerprint density at radius 1 is 1.22 bits per heavy atom. The van der Waals surface area contributed by atoms with Crippen molar-refractivity contribution < 1.29 is 14.3 Å². The largest absolute Gasteiger partial charge is 0.489 e. The number of amides is 2. The molecular formula is C21H26N2O3S. The van der Waals surface area contributed by atoms with E-state index >= 15 is 0 Å². The van der Waals surface area contributed by atoms with Gasteiger partial charge in [0.2, 0.25) is 0 Å². The highest BCUT2D eigenvalue weighted by Crippen LogP contribution is 2.25. The SMILES string of the molecule is Cc1ccc(SCCNC(=O)Nc2ccccc2OC[C@H]2CCCO2)cc1. The van der Waals surface area contributed by atoms with E-state index < -0.39 is 0 Å². The Balaban J connectivity index is 1.41. The summed E-state index contributed by atoms with van der Waals surface area (Å²) in [6, 6.07) is 15.6. The maximum atomic E-state index is 12.2. The summed E-state index contributed by atoms with van der Waals surface area (Å²) < 4.78 is 11.4. The molecule has 0 aromatic heterocycles. The summed E-state index contributed by atoms with van der Waals surface area (Å²) >= 11 is 1.72. The van der Waals surface area contributed by atoms with Crippen molar-refractivity contribution >= 4 is 23.5 Å². The standard InChI is InChI=1S/C21H26N2O3S/c1-16-8-10-18(11-9-16)27-14-12-22-21(24)23-19-6-2-3-7-20(19)26-15-17-5-4-13-25-17/h2-3,6-11,17H,4-5,12-15H2,1H3,(H2,22,23,24)/t17-/m1/s1. The van der Waals surface area contributed by atoms with Gasteiger partial charge in [0.05, 0.1) is 11.8 Å². The van der Waals surface area contributed by atoms with E-state index in [4.69, 9.17) is 9.47 Å². The smallest absolute Gasteiger partial charge is 0.319 e. The minimum atomic E-state index is -0.229. The molecule has 6 heteroatoms. The lowest BCUT2D eigenvalue weighted by molar-refractivity contribution is 0.0682. The molecule has 2 aromatic rings. The number of benzene rings is 2. The van der Waals surface area contributed by atoms with Crippen LogP contribution in [0.3, 0.4) is 0 Å². The highest BCUT2D eigenvalue weighted by molar-refractivity contribution is 7.99. The third-order valence-electron chi connectivity index (χ3n) is 4.26. The summed E-state index contributed by atoms with van der Waals surface area (Å²) in [6.45, 7) is 3.97. The van der Waals surface area contributed by atoms with Crippen molar-refractivity contribution in [2.45, 2.75) is 30.8 Å². The number of anilines is 1. The van der Waals surface area contributed by atoms with E-state index in [0.717, 1.165) is 25.2 Å². The van der Waals surface area contributed by atoms with Crippen molar-refractivity contribution in [2.24, 2.45) is 0 Å². The van der Waals surface area contributed by atoms with Crippen LogP contribution in [-0.2, 0) is 4.74 Å². The molecule has 3 rings (SSSR count). The van der Waals surface area contributed by atoms with Crippen LogP contribution in [0.25, 0.3) is 0 Å². The molecule has 0 unspecified atom stereocenters. The first-order valence-electron chi connectivity index (χ1n) is 9.28. The van der Waals surface area contributed by atoms with Crippen LogP contribution in [0.2, 0.25) is 0 Å². The fourth-order valence-corrected chi connectivity index (χ4v) is 3.56. The van der Waals surface area contributed by atoms with E-state index in [9.17, 15) is 4.79 Å². The molecule has 2 N–H and O–H groups in total. The highest BCUT2D eigenvalue weighted by atomic mass is 32.2. The molecular weight excluding hydrogens is 360 g/mol. The Bertz CT molecular complexity index is 730. The lowest BCUT2D eigenvalue weighted by atomic mass is 10.2. The van der Waals surface area contributed by atoms with Crippen LogP contribution in [0.4, 0.5) is 10.5 Å². The van der Waals surface area contributed by atoms with Gasteiger partial charge in [-0.05, 0) is 44.0 Å². The average molecular weight is 387 g/mol. The highest BCUT2D eigenvalue weighted by Gasteiger charge is 2.17. The Kier molecular flexibility index (Phi) is 7.42. The molecule has 0 spiro atoms. The second kappa shape index (κ2) is 10.2. The van der Waals surface area contributed by atoms with Gasteiger partial charge in [-0.3, -0.25) is 0 Å². The van der Waals surface area contributed by atoms with Crippen LogP contribution in [-0.4, -0.2) is 37.6 Å². The molecule has 5 nitrogen and oxygen atoms in total. The summed E-state index contributed by atoms with van der Waals surface area (Å²) in [4.78, 5) is 13.4. The van der Waals surface area contributed by atoms with Gasteiger partial charge in [-0.1, -0.05) is 29.8 Å². The Labute approximate surface area is 164 Å². The molecule has 2 amide bonds. The molecule has 1 saturated heterocycles. The normalized spacial score (nSPS) is 16.1. The van der Waals surface area contributed by atoms with E-state index in [0.29, 0.717) is 24.6 Å². The van der Waals surface area contributed by atoms with Crippen LogP contribution >= 0.6 is 11.8 Å². The van der Waals surface area contributed by atoms with Gasteiger partial charge in [-0.15, -0.1) is 11.8 Å². The number of para-hydroxylation sites is 2. The summed E-state index contributed by atoms with van der Waals surface area (Å²) in [6.07, 6.45) is 2.25. The Morgan fingerprint density at radius 3 is 2.81 bits per heavy atom. The number of hydrogen-bond acceptors (Lipinski definition) is 4. The quantitative estimate of drug-likeness (QED) is 0.519. The molecule has 1 fully saturated rings. The molecule has 1 aliphatic heterocycles. The van der Waals surface area contributed by atoms with Gasteiger partial charge in [-0.2, -0.15) is 0 Å². The minimum Gasteiger partial charge on any atom is -0.489 e. The van der Waals surface area contributed by atoms with Crippen LogP contribution < -0.4 is 15.4 Å². The second-order valence-electron chi connectivity index (χ2n) is 6.48. The van der Waals surface area contributed by atoms with Crippen LogP contribution in [0.5, 0.6) is 5.75 Å². The number of nitrogens with one attached hydrogen (secondary N) is 2. The summed E-state index contributed by atoms with van der Waals surface area (Å²) in [5.41, 5.74) is 1.91. The zero-order valence-corrected chi connectivity index (χ0v) is 16.4. The molecule has 1 atom stereocenters. The zero-order valence-electron chi connectivity index (χ0n) is 15.6. The van der Waals surface area contributed by atoms with Crippen molar-refractivity contribution in [3.63, 3.8) is 0 Å². The van der Waals surface area contributed by atoms with E-state index in [1.54, 1.807) is 11.8 Å². The number of carbonyl (C=O) groups excluding carboxylic acids is 1. The maximum Gasteiger partial charge on any atom is 0.319 e. The van der Waals surface area contributed by atoms with Gasteiger partial charge in [0, 0.05) is 23.8 Å². The fourth-order valence-electron chi connectivity index (χ4n) is 2.79. The van der Waals surface area contributed by atoms with Crippen molar-refractivity contribution in [3.8, 4) is 5.75 Å². The molecule has 144 valence electrons. The van der Waals surface area contributed by atoms with Gasteiger partial charge >= 0.3 is 6.03 Å². The summed E-state index contributed by atoms with van der Waals surface area (Å²) in [5, 5.41) is 5.75. The topological polar surface area (TPSA) is 59.6 Å². The molecule has 0 radical (unpaired) electrons. The first kappa shape index (κ1) is 19.6. The van der Waals surface area contributed by atoms with E-state index in [2.05, 4.69) is 41.8 Å². The molecule has 2 aromatic carbocycles. The average Bonchev–Trinajstić information content (AvgIpc) is 3.20. The van der Waals surface area contributed by atoms with Crippen molar-refractivity contribution in [2.75, 3.05) is 30.8 Å². The van der Waals surface area contributed by atoms with Gasteiger partial charge in [0.25, 0.3) is 0 Å². The number of carbonyl (C=O) groups is 1. The lowest BCUT2D eigenvalue weighted by Crippen LogP contribution is -2.30. The van der Waals surface area contributed by atoms with Crippen LogP contribution in [0, 0.1) is 6.92 Å². The van der Waals surface area contributed by atoms with Gasteiger partial charge < -0.3 is 20.1 Å². The maximum absolute atomic E-state index is 12.2. The number of thioether (sulfide) groups is 1. The third-order valence-corrected chi connectivity index (χ3v) is 5.28. The predicted octanol–water partition coefficient (Wildman–Crippen LogP) is 4.47. The summed E-state index contributed by atoms with van der Waals surface area (Å²) in [5.74, 6) is 1.48. The van der Waals surface area contributed by atoms with Crippen molar-refractivity contribution in [3.05, 3.63) is 54.1 Å².